The van der Waals surface area contributed by atoms with Crippen molar-refractivity contribution in [3.05, 3.63) is 69.8 Å². The van der Waals surface area contributed by atoms with Crippen molar-refractivity contribution in [3.63, 3.8) is 0 Å². The van der Waals surface area contributed by atoms with Crippen molar-refractivity contribution in [2.24, 2.45) is 7.05 Å². The van der Waals surface area contributed by atoms with Crippen molar-refractivity contribution in [1.82, 2.24) is 18.9 Å². The third-order valence-corrected chi connectivity index (χ3v) is 8.81. The molecule has 1 amide bonds. The molecule has 206 valence electrons. The van der Waals surface area contributed by atoms with E-state index in [1.165, 1.54) is 4.31 Å². The quantitative estimate of drug-likeness (QED) is 0.359. The SMILES string of the molecule is Cn1c(C(O)NC2(c3ccccc3)CCCN(S(=O)(=O)NC(=O)OC(C)(C)C)C2)cc2c(Cl)c(Cl)ccc21. The number of aliphatic hydroxyl groups is 1. The second kappa shape index (κ2) is 10.7. The fourth-order valence-electron chi connectivity index (χ4n) is 4.85. The van der Waals surface area contributed by atoms with Gasteiger partial charge in [0.2, 0.25) is 0 Å². The molecule has 1 aromatic heterocycles. The molecule has 1 aliphatic heterocycles. The number of fused-ring (bicyclic) bond motifs is 1. The van der Waals surface area contributed by atoms with Crippen LogP contribution in [-0.4, -0.2) is 47.2 Å². The first-order chi connectivity index (χ1) is 17.7. The molecular formula is C26H32Cl2N4O5S. The van der Waals surface area contributed by atoms with E-state index in [2.05, 4.69) is 5.32 Å². The van der Waals surface area contributed by atoms with Gasteiger partial charge in [-0.2, -0.15) is 12.7 Å². The fourth-order valence-corrected chi connectivity index (χ4v) is 6.37. The minimum absolute atomic E-state index is 0.0251. The van der Waals surface area contributed by atoms with E-state index in [4.69, 9.17) is 27.9 Å². The third-order valence-electron chi connectivity index (χ3n) is 6.58. The van der Waals surface area contributed by atoms with Crippen LogP contribution in [0, 0.1) is 0 Å². The van der Waals surface area contributed by atoms with E-state index in [0.29, 0.717) is 34.0 Å². The molecule has 0 radical (unpaired) electrons. The highest BCUT2D eigenvalue weighted by molar-refractivity contribution is 7.87. The van der Waals surface area contributed by atoms with Crippen molar-refractivity contribution in [3.8, 4) is 0 Å². The Labute approximate surface area is 232 Å². The van der Waals surface area contributed by atoms with E-state index in [-0.39, 0.29) is 13.1 Å². The number of aromatic nitrogens is 1. The molecule has 0 bridgehead atoms. The van der Waals surface area contributed by atoms with Gasteiger partial charge in [0, 0.05) is 31.0 Å². The summed E-state index contributed by atoms with van der Waals surface area (Å²) in [5.74, 6) is 0. The average Bonchev–Trinajstić information content (AvgIpc) is 3.17. The van der Waals surface area contributed by atoms with E-state index >= 15 is 0 Å². The Morgan fingerprint density at radius 1 is 1.16 bits per heavy atom. The monoisotopic (exact) mass is 582 g/mol. The van der Waals surface area contributed by atoms with Crippen LogP contribution in [0.3, 0.4) is 0 Å². The summed E-state index contributed by atoms with van der Waals surface area (Å²) >= 11 is 12.6. The van der Waals surface area contributed by atoms with Gasteiger partial charge in [-0.05, 0) is 57.4 Å². The van der Waals surface area contributed by atoms with Crippen molar-refractivity contribution < 1.29 is 23.1 Å². The molecule has 0 aliphatic carbocycles. The zero-order valence-corrected chi connectivity index (χ0v) is 24.0. The summed E-state index contributed by atoms with van der Waals surface area (Å²) in [7, 11) is -2.41. The van der Waals surface area contributed by atoms with Gasteiger partial charge in [-0.3, -0.25) is 5.32 Å². The molecule has 1 fully saturated rings. The first kappa shape index (κ1) is 28.7. The van der Waals surface area contributed by atoms with Crippen LogP contribution in [0.5, 0.6) is 0 Å². The first-order valence-electron chi connectivity index (χ1n) is 12.2. The van der Waals surface area contributed by atoms with Gasteiger partial charge < -0.3 is 14.4 Å². The molecule has 2 aromatic carbocycles. The van der Waals surface area contributed by atoms with Gasteiger partial charge in [-0.15, -0.1) is 0 Å². The number of hydrogen-bond acceptors (Lipinski definition) is 6. The summed E-state index contributed by atoms with van der Waals surface area (Å²) in [6.45, 7) is 5.13. The van der Waals surface area contributed by atoms with Crippen LogP contribution >= 0.6 is 23.2 Å². The molecule has 1 saturated heterocycles. The van der Waals surface area contributed by atoms with Crippen LogP contribution in [-0.2, 0) is 27.5 Å². The fraction of sp³-hybridized carbons (Fsp3) is 0.423. The second-order valence-corrected chi connectivity index (χ2v) is 12.9. The Hall–Kier alpha value is -2.34. The summed E-state index contributed by atoms with van der Waals surface area (Å²) < 4.78 is 36.6. The molecule has 9 nitrogen and oxygen atoms in total. The molecule has 2 heterocycles. The molecule has 12 heteroatoms. The lowest BCUT2D eigenvalue weighted by Crippen LogP contribution is -2.59. The molecule has 38 heavy (non-hydrogen) atoms. The summed E-state index contributed by atoms with van der Waals surface area (Å²) in [6.07, 6.45) is -1.19. The van der Waals surface area contributed by atoms with E-state index in [1.54, 1.807) is 32.9 Å². The number of aryl methyl sites for hydroxylation is 1. The Morgan fingerprint density at radius 2 is 1.84 bits per heavy atom. The Balaban J connectivity index is 1.67. The normalized spacial score (nSPS) is 19.9. The molecule has 1 aliphatic rings. The molecule has 4 rings (SSSR count). The number of halogens is 2. The maximum Gasteiger partial charge on any atom is 0.422 e. The maximum atomic E-state index is 13.2. The van der Waals surface area contributed by atoms with Crippen LogP contribution in [0.2, 0.25) is 10.0 Å². The third kappa shape index (κ3) is 5.95. The summed E-state index contributed by atoms with van der Waals surface area (Å²) in [6, 6.07) is 14.6. The first-order valence-corrected chi connectivity index (χ1v) is 14.4. The van der Waals surface area contributed by atoms with Gasteiger partial charge in [-0.1, -0.05) is 53.5 Å². The molecule has 0 saturated carbocycles. The van der Waals surface area contributed by atoms with E-state index in [1.807, 2.05) is 52.7 Å². The van der Waals surface area contributed by atoms with Crippen LogP contribution in [0.25, 0.3) is 10.9 Å². The van der Waals surface area contributed by atoms with Gasteiger partial charge >= 0.3 is 16.3 Å². The standard InChI is InChI=1S/C26H32Cl2N4O5S/c1-25(2,3)37-24(34)30-38(35,36)32-14-8-13-26(16-32,17-9-6-5-7-10-17)29-23(33)21-15-18-20(31(21)4)12-11-19(27)22(18)28/h5-7,9-12,15,23,29,33H,8,13-14,16H2,1-4H3,(H,30,34). The van der Waals surface area contributed by atoms with Crippen molar-refractivity contribution in [1.29, 1.82) is 0 Å². The maximum absolute atomic E-state index is 13.2. The number of nitrogens with zero attached hydrogens (tertiary/aromatic N) is 2. The molecule has 3 N–H and O–H groups in total. The lowest BCUT2D eigenvalue weighted by molar-refractivity contribution is 0.0522. The van der Waals surface area contributed by atoms with Crippen molar-refractivity contribution >= 4 is 50.4 Å². The highest BCUT2D eigenvalue weighted by Crippen LogP contribution is 2.37. The summed E-state index contributed by atoms with van der Waals surface area (Å²) in [4.78, 5) is 12.3. The number of nitrogens with one attached hydrogen (secondary N) is 2. The number of benzene rings is 2. The smallest absolute Gasteiger partial charge is 0.422 e. The molecule has 3 aromatic rings. The predicted octanol–water partition coefficient (Wildman–Crippen LogP) is 4.83. The lowest BCUT2D eigenvalue weighted by Gasteiger charge is -2.44. The van der Waals surface area contributed by atoms with Crippen molar-refractivity contribution in [2.75, 3.05) is 13.1 Å². The minimum atomic E-state index is -4.22. The lowest BCUT2D eigenvalue weighted by atomic mass is 9.82. The van der Waals surface area contributed by atoms with Crippen LogP contribution < -0.4 is 10.0 Å². The highest BCUT2D eigenvalue weighted by Gasteiger charge is 2.43. The Morgan fingerprint density at radius 3 is 2.50 bits per heavy atom. The van der Waals surface area contributed by atoms with Gasteiger partial charge in [0.1, 0.15) is 11.8 Å². The number of carbonyl (C=O) groups is 1. The topological polar surface area (TPSA) is 113 Å². The number of rotatable bonds is 6. The molecular weight excluding hydrogens is 551 g/mol. The summed E-state index contributed by atoms with van der Waals surface area (Å²) in [5, 5.41) is 16.2. The highest BCUT2D eigenvalue weighted by atomic mass is 35.5. The molecule has 0 spiro atoms. The zero-order valence-electron chi connectivity index (χ0n) is 21.7. The predicted molar refractivity (Wildman–Crippen MR) is 148 cm³/mol. The number of amides is 1. The summed E-state index contributed by atoms with van der Waals surface area (Å²) in [5.41, 5.74) is 0.312. The average molecular weight is 584 g/mol. The van der Waals surface area contributed by atoms with Gasteiger partial charge in [0.05, 0.1) is 21.3 Å². The number of ether oxygens (including phenoxy) is 1. The van der Waals surface area contributed by atoms with Crippen molar-refractivity contribution in [2.45, 2.75) is 51.0 Å². The van der Waals surface area contributed by atoms with E-state index in [0.717, 1.165) is 11.1 Å². The number of carbonyl (C=O) groups excluding carboxylic acids is 1. The Kier molecular flexibility index (Phi) is 8.05. The van der Waals surface area contributed by atoms with Crippen LogP contribution in [0.1, 0.15) is 51.1 Å². The molecule has 2 atom stereocenters. The van der Waals surface area contributed by atoms with Crippen LogP contribution in [0.4, 0.5) is 4.79 Å². The zero-order chi connectivity index (χ0) is 27.9. The van der Waals surface area contributed by atoms with E-state index in [9.17, 15) is 18.3 Å². The van der Waals surface area contributed by atoms with Gasteiger partial charge in [0.25, 0.3) is 0 Å². The number of hydrogen-bond donors (Lipinski definition) is 3. The van der Waals surface area contributed by atoms with Gasteiger partial charge in [-0.25, -0.2) is 9.52 Å². The van der Waals surface area contributed by atoms with E-state index < -0.39 is 33.7 Å². The number of aliphatic hydroxyl groups excluding tert-OH is 1. The minimum Gasteiger partial charge on any atom is -0.443 e. The Bertz CT molecular complexity index is 1440. The largest absolute Gasteiger partial charge is 0.443 e. The van der Waals surface area contributed by atoms with Crippen LogP contribution in [0.15, 0.2) is 48.5 Å². The number of piperidine rings is 1. The van der Waals surface area contributed by atoms with Gasteiger partial charge in [0.15, 0.2) is 0 Å². The second-order valence-electron chi connectivity index (χ2n) is 10.5. The molecule has 2 unspecified atom stereocenters.